The van der Waals surface area contributed by atoms with Crippen LogP contribution in [-0.2, 0) is 20.1 Å². The third kappa shape index (κ3) is 13.4. The highest BCUT2D eigenvalue weighted by Gasteiger charge is 2.52. The molecular formula is C112H80BClN8O2. The van der Waals surface area contributed by atoms with Crippen molar-refractivity contribution in [2.24, 2.45) is 0 Å². The molecule has 0 bridgehead atoms. The van der Waals surface area contributed by atoms with Crippen LogP contribution in [0.1, 0.15) is 72.2 Å². The van der Waals surface area contributed by atoms with Gasteiger partial charge in [0, 0.05) is 60.5 Å². The predicted octanol–water partition coefficient (Wildman–Crippen LogP) is 26.2. The van der Waals surface area contributed by atoms with Gasteiger partial charge in [-0.1, -0.05) is 376 Å². The fourth-order valence-corrected chi connectivity index (χ4v) is 18.6. The van der Waals surface area contributed by atoms with E-state index in [2.05, 4.69) is 334 Å². The number of halogens is 1. The number of hydrogen-bond acceptors (Lipinski definition) is 10. The van der Waals surface area contributed by atoms with Crippen LogP contribution in [0.5, 0.6) is 0 Å². The van der Waals surface area contributed by atoms with Crippen molar-refractivity contribution in [3.63, 3.8) is 0 Å². The number of benzene rings is 16. The molecule has 20 aromatic rings. The maximum atomic E-state index is 6.37. The summed E-state index contributed by atoms with van der Waals surface area (Å²) in [4.78, 5) is 38.4. The lowest BCUT2D eigenvalue weighted by Gasteiger charge is -2.34. The van der Waals surface area contributed by atoms with E-state index in [-0.39, 0.29) is 5.28 Å². The molecule has 0 unspecified atom stereocenters. The first-order valence-corrected chi connectivity index (χ1v) is 42.4. The van der Waals surface area contributed by atoms with Gasteiger partial charge >= 0.3 is 7.12 Å². The molecule has 12 heteroatoms. The van der Waals surface area contributed by atoms with Gasteiger partial charge in [0.05, 0.1) is 44.5 Å². The van der Waals surface area contributed by atoms with Gasteiger partial charge in [0.25, 0.3) is 0 Å². The minimum absolute atomic E-state index is 0.202. The SMILES string of the molecule is CC1(C)OB(c2ccc(-c3nc4ccccc4c4cc5c(cc34)C(c3ccccc3)(c3ccccc3)c3ccccc3-5)cc2)OC1(C)C.Clc1nc(-c2ccccc2)nc(-c2ccccc2)n1.c1ccc(-c2nc(-c3ccccc3)nc(-c3ccc(-c4nc5ccccc5c5cc6c(cc45)C(c4ccccc4)(c4ccccc4)c4ccccc4-6)cc3)n2)cc1. The van der Waals surface area contributed by atoms with Crippen LogP contribution < -0.4 is 5.46 Å². The largest absolute Gasteiger partial charge is 0.494 e. The predicted molar refractivity (Wildman–Crippen MR) is 505 cm³/mol. The number of aromatic nitrogens is 8. The average Bonchev–Trinajstić information content (AvgIpc) is 1.53. The topological polar surface area (TPSA) is 122 Å². The van der Waals surface area contributed by atoms with Gasteiger partial charge in [-0.05, 0) is 159 Å². The minimum Gasteiger partial charge on any atom is -0.399 e. The van der Waals surface area contributed by atoms with Gasteiger partial charge in [-0.2, -0.15) is 9.97 Å². The first-order valence-electron chi connectivity index (χ1n) is 42.0. The third-order valence-electron chi connectivity index (χ3n) is 25.1. The van der Waals surface area contributed by atoms with E-state index in [9.17, 15) is 0 Å². The molecule has 16 aromatic carbocycles. The number of fused-ring (bicyclic) bond motifs is 12. The van der Waals surface area contributed by atoms with Gasteiger partial charge < -0.3 is 9.31 Å². The van der Waals surface area contributed by atoms with Gasteiger partial charge in [0.1, 0.15) is 0 Å². The van der Waals surface area contributed by atoms with Gasteiger partial charge in [-0.3, -0.25) is 0 Å². The molecule has 0 spiro atoms. The summed E-state index contributed by atoms with van der Waals surface area (Å²) >= 11 is 5.99. The zero-order valence-electron chi connectivity index (χ0n) is 68.6. The smallest absolute Gasteiger partial charge is 0.399 e. The molecule has 1 saturated heterocycles. The molecular weight excluding hydrogens is 1540 g/mol. The van der Waals surface area contributed by atoms with E-state index in [0.717, 1.165) is 88.4 Å². The molecule has 4 aromatic heterocycles. The van der Waals surface area contributed by atoms with Crippen LogP contribution in [0.4, 0.5) is 0 Å². The quantitative estimate of drug-likeness (QED) is 0.0863. The Labute approximate surface area is 725 Å². The van der Waals surface area contributed by atoms with Crippen molar-refractivity contribution in [2.75, 3.05) is 0 Å². The van der Waals surface area contributed by atoms with Crippen LogP contribution in [0.25, 0.3) is 145 Å². The molecule has 10 nitrogen and oxygen atoms in total. The number of nitrogens with zero attached hydrogens (tertiary/aromatic N) is 8. The molecule has 0 saturated carbocycles. The first kappa shape index (κ1) is 76.5. The maximum absolute atomic E-state index is 6.37. The van der Waals surface area contributed by atoms with E-state index in [1.807, 2.05) is 121 Å². The lowest BCUT2D eigenvalue weighted by atomic mass is 9.67. The molecule has 3 aliphatic rings. The lowest BCUT2D eigenvalue weighted by Crippen LogP contribution is -2.41. The molecule has 0 N–H and O–H groups in total. The maximum Gasteiger partial charge on any atom is 0.494 e. The molecule has 124 heavy (non-hydrogen) atoms. The molecule has 23 rings (SSSR count). The number of para-hydroxylation sites is 2. The molecule has 1 fully saturated rings. The van der Waals surface area contributed by atoms with Crippen molar-refractivity contribution < 1.29 is 9.31 Å². The second-order valence-electron chi connectivity index (χ2n) is 32.7. The van der Waals surface area contributed by atoms with Gasteiger partial charge in [0.2, 0.25) is 5.28 Å². The van der Waals surface area contributed by atoms with E-state index in [1.54, 1.807) is 0 Å². The molecule has 2 aliphatic carbocycles. The van der Waals surface area contributed by atoms with Crippen LogP contribution in [-0.4, -0.2) is 58.2 Å². The van der Waals surface area contributed by atoms with Crippen molar-refractivity contribution in [3.8, 4) is 102 Å². The van der Waals surface area contributed by atoms with E-state index in [4.69, 9.17) is 45.8 Å². The zero-order chi connectivity index (χ0) is 83.5. The summed E-state index contributed by atoms with van der Waals surface area (Å²) in [7, 11) is -0.413. The molecule has 590 valence electrons. The van der Waals surface area contributed by atoms with Crippen LogP contribution in [0.2, 0.25) is 5.28 Å². The number of pyridine rings is 2. The Morgan fingerprint density at radius 2 is 0.500 bits per heavy atom. The van der Waals surface area contributed by atoms with Crippen LogP contribution in [0, 0.1) is 0 Å². The van der Waals surface area contributed by atoms with Crippen LogP contribution >= 0.6 is 11.6 Å². The summed E-state index contributed by atoms with van der Waals surface area (Å²) in [6.45, 7) is 8.37. The van der Waals surface area contributed by atoms with Gasteiger partial charge in [-0.15, -0.1) is 0 Å². The number of hydrogen-bond donors (Lipinski definition) is 0. The molecule has 0 amide bonds. The average molecular weight is 1620 g/mol. The zero-order valence-corrected chi connectivity index (χ0v) is 69.4. The second-order valence-corrected chi connectivity index (χ2v) is 33.0. The van der Waals surface area contributed by atoms with Crippen molar-refractivity contribution >= 4 is 67.5 Å². The fourth-order valence-electron chi connectivity index (χ4n) is 18.5. The Morgan fingerprint density at radius 3 is 0.847 bits per heavy atom. The Kier molecular flexibility index (Phi) is 19.5. The minimum atomic E-state index is -0.513. The molecule has 0 atom stereocenters. The van der Waals surface area contributed by atoms with E-state index < -0.39 is 29.2 Å². The molecule has 1 aliphatic heterocycles. The van der Waals surface area contributed by atoms with Gasteiger partial charge in [-0.25, -0.2) is 29.9 Å². The Hall–Kier alpha value is -14.8. The highest BCUT2D eigenvalue weighted by Crippen LogP contribution is 2.60. The summed E-state index contributed by atoms with van der Waals surface area (Å²) in [5, 5.41) is 7.13. The monoisotopic (exact) mass is 1610 g/mol. The van der Waals surface area contributed by atoms with Crippen LogP contribution in [0.3, 0.4) is 0 Å². The van der Waals surface area contributed by atoms with Crippen molar-refractivity contribution in [1.82, 2.24) is 39.9 Å². The standard InChI is InChI=1S/C53H34N4.C44H36BNO2.C15H10ClN3/c1-5-17-36(18-6-1)50-55-51(37-19-7-2-8-20-37)57-52(56-50)38-31-29-35(30-32-38)49-45-34-47-44(33-43(45)42-26-14-16-28-48(42)54-49)41-25-13-15-27-46(41)53(47,39-21-9-3-10-22-39)40-23-11-4-12-24-40;1-42(2)43(3,4)48-45(47-42)32-25-23-29(24-26-32)41-37-28-39-36(27-35(37)34-20-12-14-22-40(34)46-41)33-19-11-13-21-38(33)44(39,30-15-7-5-8-16-30)31-17-9-6-10-18-31;16-15-18-13(11-7-3-1-4-8-11)17-14(19-15)12-9-5-2-6-10-12/h1-34H;5-28H,1-4H3;1-10H. The van der Waals surface area contributed by atoms with E-state index >= 15 is 0 Å². The fraction of sp³-hybridized carbons (Fsp3) is 0.0714. The van der Waals surface area contributed by atoms with Crippen LogP contribution in [0.15, 0.2) is 413 Å². The summed E-state index contributed by atoms with van der Waals surface area (Å²) < 4.78 is 12.7. The second kappa shape index (κ2) is 31.6. The highest BCUT2D eigenvalue weighted by atomic mass is 35.5. The highest BCUT2D eigenvalue weighted by molar-refractivity contribution is 6.62. The van der Waals surface area contributed by atoms with Gasteiger partial charge in [0.15, 0.2) is 29.1 Å². The summed E-state index contributed by atoms with van der Waals surface area (Å²) in [6.07, 6.45) is 0. The third-order valence-corrected chi connectivity index (χ3v) is 25.2. The first-order chi connectivity index (χ1) is 60.9. The Balaban J connectivity index is 0.000000127. The normalized spacial score (nSPS) is 14.0. The van der Waals surface area contributed by atoms with Crippen molar-refractivity contribution in [2.45, 2.75) is 49.7 Å². The Bertz CT molecular complexity index is 7200. The summed E-state index contributed by atoms with van der Waals surface area (Å²) in [5.41, 5.74) is 25.0. The van der Waals surface area contributed by atoms with Crippen molar-refractivity contribution in [1.29, 1.82) is 0 Å². The molecule has 5 heterocycles. The molecule has 0 radical (unpaired) electrons. The Morgan fingerprint density at radius 1 is 0.226 bits per heavy atom. The van der Waals surface area contributed by atoms with Crippen molar-refractivity contribution in [3.05, 3.63) is 462 Å². The number of rotatable bonds is 12. The van der Waals surface area contributed by atoms with E-state index in [0.29, 0.717) is 29.1 Å². The van der Waals surface area contributed by atoms with E-state index in [1.165, 1.54) is 77.5 Å². The summed E-state index contributed by atoms with van der Waals surface area (Å²) in [6, 6.07) is 145. The lowest BCUT2D eigenvalue weighted by molar-refractivity contribution is 0.00578. The summed E-state index contributed by atoms with van der Waals surface area (Å²) in [5.74, 6) is 3.07.